The van der Waals surface area contributed by atoms with Crippen molar-refractivity contribution in [1.82, 2.24) is 0 Å². The molecule has 0 amide bonds. The molecule has 0 bridgehead atoms. The fourth-order valence-corrected chi connectivity index (χ4v) is 18.8. The third kappa shape index (κ3) is 5.10. The lowest BCUT2D eigenvalue weighted by Crippen LogP contribution is -2.50. The fourth-order valence-electron chi connectivity index (χ4n) is 7.17. The Morgan fingerprint density at radius 2 is 0.550 bits per heavy atom. The molecule has 2 N–H and O–H groups in total. The van der Waals surface area contributed by atoms with Crippen LogP contribution in [0.15, 0.2) is 72.8 Å². The van der Waals surface area contributed by atoms with Crippen molar-refractivity contribution in [3.8, 4) is 0 Å². The molecule has 5 rings (SSSR count). The highest BCUT2D eigenvalue weighted by molar-refractivity contribution is 7.96. The monoisotopic (exact) mass is 570 g/mol. The molecule has 0 aliphatic carbocycles. The van der Waals surface area contributed by atoms with Crippen molar-refractivity contribution in [3.63, 3.8) is 0 Å². The predicted molar refractivity (Wildman–Crippen MR) is 178 cm³/mol. The van der Waals surface area contributed by atoms with E-state index in [1.165, 1.54) is 65.7 Å². The minimum atomic E-state index is -2.38. The van der Waals surface area contributed by atoms with Crippen molar-refractivity contribution in [3.05, 3.63) is 117 Å². The molecular weight excluding hydrogens is 526 g/mol. The highest BCUT2D eigenvalue weighted by atomic mass is 31.2. The Bertz CT molecular complexity index is 1290. The summed E-state index contributed by atoms with van der Waals surface area (Å²) >= 11 is 0. The molecule has 0 unspecified atom stereocenters. The average Bonchev–Trinajstić information content (AvgIpc) is 2.82. The van der Waals surface area contributed by atoms with E-state index in [2.05, 4.69) is 128 Å². The lowest BCUT2D eigenvalue weighted by atomic mass is 10.2. The van der Waals surface area contributed by atoms with E-state index in [4.69, 9.17) is 0 Å². The Labute approximate surface area is 242 Å². The van der Waals surface area contributed by atoms with E-state index < -0.39 is 26.2 Å². The maximum absolute atomic E-state index is 12.7. The first-order chi connectivity index (χ1) is 18.8. The van der Waals surface area contributed by atoms with E-state index in [1.807, 2.05) is 0 Å². The van der Waals surface area contributed by atoms with Crippen molar-refractivity contribution in [2.45, 2.75) is 67.1 Å². The topological polar surface area (TPSA) is 40.5 Å². The first-order valence-corrected chi connectivity index (χ1v) is 18.4. The molecule has 208 valence electrons. The van der Waals surface area contributed by atoms with Gasteiger partial charge >= 0.3 is 0 Å². The van der Waals surface area contributed by atoms with Crippen LogP contribution < -0.4 is 21.2 Å². The van der Waals surface area contributed by atoms with Gasteiger partial charge in [-0.3, -0.25) is 0 Å². The molecule has 0 spiro atoms. The summed E-state index contributed by atoms with van der Waals surface area (Å²) in [5.41, 5.74) is 9.63. The fraction of sp³-hybridized carbons (Fsp3) is 0.333. The van der Waals surface area contributed by atoms with Crippen LogP contribution in [0, 0.1) is 55.4 Å². The molecule has 4 aromatic carbocycles. The molecule has 2 nitrogen and oxygen atoms in total. The lowest BCUT2D eigenvalue weighted by Gasteiger charge is -2.43. The summed E-state index contributed by atoms with van der Waals surface area (Å²) in [6.07, 6.45) is 1.15. The van der Waals surface area contributed by atoms with Gasteiger partial charge in [-0.2, -0.15) is 0 Å². The molecule has 4 heteroatoms. The molecule has 0 saturated carbocycles. The summed E-state index contributed by atoms with van der Waals surface area (Å²) in [6.45, 7) is 17.1. The van der Waals surface area contributed by atoms with E-state index in [9.17, 15) is 10.2 Å². The van der Waals surface area contributed by atoms with Crippen LogP contribution in [-0.4, -0.2) is 34.2 Å². The number of aliphatic hydroxyl groups excluding tert-OH is 2. The summed E-state index contributed by atoms with van der Waals surface area (Å²) in [7, 11) is -4.77. The third-order valence-corrected chi connectivity index (χ3v) is 18.1. The van der Waals surface area contributed by atoms with Crippen LogP contribution in [0.1, 0.15) is 44.5 Å². The minimum Gasteiger partial charge on any atom is -0.356 e. The molecule has 0 aromatic heterocycles. The zero-order chi connectivity index (χ0) is 29.0. The average molecular weight is 571 g/mol. The number of aliphatic hydroxyl groups is 2. The summed E-state index contributed by atoms with van der Waals surface area (Å²) in [4.78, 5) is 0. The van der Waals surface area contributed by atoms with Gasteiger partial charge in [0.2, 0.25) is 11.7 Å². The van der Waals surface area contributed by atoms with E-state index in [-0.39, 0.29) is 0 Å². The van der Waals surface area contributed by atoms with E-state index >= 15 is 0 Å². The number of benzene rings is 4. The Morgan fingerprint density at radius 1 is 0.375 bits per heavy atom. The maximum atomic E-state index is 12.7. The predicted octanol–water partition coefficient (Wildman–Crippen LogP) is 6.44. The van der Waals surface area contributed by atoms with E-state index in [0.29, 0.717) is 12.3 Å². The molecule has 1 fully saturated rings. The van der Waals surface area contributed by atoms with Crippen LogP contribution in [-0.2, 0) is 0 Å². The molecule has 1 aliphatic rings. The third-order valence-electron chi connectivity index (χ3n) is 8.59. The minimum absolute atomic E-state index is 0.562. The van der Waals surface area contributed by atoms with Crippen molar-refractivity contribution in [2.75, 3.05) is 12.3 Å². The first kappa shape index (κ1) is 29.2. The zero-order valence-corrected chi connectivity index (χ0v) is 27.1. The molecule has 4 aromatic rings. The second kappa shape index (κ2) is 10.8. The van der Waals surface area contributed by atoms with Crippen LogP contribution in [0.25, 0.3) is 0 Å². The molecular formula is C36H44O2P2+2. The van der Waals surface area contributed by atoms with Crippen LogP contribution in [0.2, 0.25) is 0 Å². The smallest absolute Gasteiger partial charge is 0.208 e. The van der Waals surface area contributed by atoms with Crippen molar-refractivity contribution >= 4 is 35.7 Å². The van der Waals surface area contributed by atoms with Gasteiger partial charge in [-0.15, -0.1) is 0 Å². The lowest BCUT2D eigenvalue weighted by molar-refractivity contribution is 0.249. The van der Waals surface area contributed by atoms with Gasteiger partial charge in [-0.25, -0.2) is 0 Å². The van der Waals surface area contributed by atoms with Crippen molar-refractivity contribution < 1.29 is 10.2 Å². The zero-order valence-electron chi connectivity index (χ0n) is 25.3. The first-order valence-electron chi connectivity index (χ1n) is 14.3. The quantitative estimate of drug-likeness (QED) is 0.277. The molecule has 40 heavy (non-hydrogen) atoms. The Kier molecular flexibility index (Phi) is 7.88. The standard InChI is InChI=1S/C36H44O2P2/c1-23-9-24(2)14-31(13-23)39(32-15-25(3)10-26(4)16-32)21-36(38)40(22-35(39)37,33-17-27(5)11-28(6)18-33)34-19-29(7)12-30(8)20-34/h9-20,35-38H,21-22H2,1-8H3/q+2/t35-,36+. The van der Waals surface area contributed by atoms with Gasteiger partial charge in [0.05, 0.1) is 0 Å². The molecule has 2 atom stereocenters. The summed E-state index contributed by atoms with van der Waals surface area (Å²) in [5.74, 6) is -1.12. The number of rotatable bonds is 4. The Balaban J connectivity index is 1.81. The van der Waals surface area contributed by atoms with Crippen LogP contribution in [0.4, 0.5) is 0 Å². The summed E-state index contributed by atoms with van der Waals surface area (Å²) in [5, 5.41) is 30.3. The highest BCUT2D eigenvalue weighted by Gasteiger charge is 2.67. The Morgan fingerprint density at radius 3 is 0.725 bits per heavy atom. The molecule has 1 saturated heterocycles. The van der Waals surface area contributed by atoms with E-state index in [1.54, 1.807) is 0 Å². The molecule has 1 heterocycles. The van der Waals surface area contributed by atoms with Crippen LogP contribution >= 0.6 is 14.5 Å². The Hall–Kier alpha value is -2.34. The summed E-state index contributed by atoms with van der Waals surface area (Å²) in [6, 6.07) is 27.0. The van der Waals surface area contributed by atoms with Gasteiger partial charge in [-0.1, -0.05) is 24.3 Å². The molecule has 1 aliphatic heterocycles. The van der Waals surface area contributed by atoms with Crippen LogP contribution in [0.3, 0.4) is 0 Å². The van der Waals surface area contributed by atoms with Crippen molar-refractivity contribution in [1.29, 1.82) is 0 Å². The summed E-state index contributed by atoms with van der Waals surface area (Å²) < 4.78 is 0. The van der Waals surface area contributed by atoms with Crippen LogP contribution in [0.5, 0.6) is 0 Å². The number of hydrogen-bond acceptors (Lipinski definition) is 2. The maximum Gasteiger partial charge on any atom is 0.208 e. The van der Waals surface area contributed by atoms with Gasteiger partial charge < -0.3 is 10.2 Å². The van der Waals surface area contributed by atoms with Gasteiger partial charge in [0, 0.05) is 0 Å². The molecule has 0 radical (unpaired) electrons. The van der Waals surface area contributed by atoms with Gasteiger partial charge in [0.1, 0.15) is 48.1 Å². The number of hydrogen-bond donors (Lipinski definition) is 2. The SMILES string of the molecule is Cc1cc(C)cc([P+]2(c3cc(C)cc(C)c3)C[C@H](O)[P+](c3cc(C)cc(C)c3)(c3cc(C)cc(C)c3)C[C@H]2O)c1. The van der Waals surface area contributed by atoms with Gasteiger partial charge in [-0.05, 0) is 148 Å². The van der Waals surface area contributed by atoms with Gasteiger partial charge in [0.15, 0.2) is 0 Å². The van der Waals surface area contributed by atoms with E-state index in [0.717, 1.165) is 0 Å². The van der Waals surface area contributed by atoms with Gasteiger partial charge in [0.25, 0.3) is 0 Å². The largest absolute Gasteiger partial charge is 0.356 e. The van der Waals surface area contributed by atoms with Crippen molar-refractivity contribution in [2.24, 2.45) is 0 Å². The highest BCUT2D eigenvalue weighted by Crippen LogP contribution is 2.75. The normalized spacial score (nSPS) is 19.9. The second-order valence-electron chi connectivity index (χ2n) is 12.4. The number of aryl methyl sites for hydroxylation is 8. The second-order valence-corrected chi connectivity index (χ2v) is 19.9.